The number of ether oxygens (including phenoxy) is 1. The summed E-state index contributed by atoms with van der Waals surface area (Å²) in [7, 11) is -16.7. The van der Waals surface area contributed by atoms with Gasteiger partial charge in [0.05, 0.1) is 12.9 Å². The molecule has 6 atom stereocenters. The van der Waals surface area contributed by atoms with Crippen LogP contribution in [0.1, 0.15) is 6.23 Å². The van der Waals surface area contributed by atoms with Crippen LogP contribution in [0.15, 0.2) is 17.7 Å². The normalized spacial score (nSPS) is 28.0. The molecule has 32 heavy (non-hydrogen) atoms. The van der Waals surface area contributed by atoms with Gasteiger partial charge in [-0.3, -0.25) is 9.09 Å². The van der Waals surface area contributed by atoms with E-state index in [2.05, 4.69) is 28.1 Å². The zero-order valence-corrected chi connectivity index (χ0v) is 19.3. The standard InChI is InChI=1S/C11H17N4O13P3S/c1-32-10-6-9(12-3-13-10)15(4-14-6)11-8(17)7(16)5(26-11)2-25-30(21,22)28-31(23,24)27-29(18,19)20/h3-5,7-8,11,16-17H,2H2,1H3,(H,21,22)(H,23,24)(H2,18,19,20)/t5-,7-,8-,11-/m1/s1. The Morgan fingerprint density at radius 1 is 1.06 bits per heavy atom. The number of phosphoric acid groups is 3. The summed E-state index contributed by atoms with van der Waals surface area (Å²) in [5, 5.41) is 21.1. The van der Waals surface area contributed by atoms with Crippen molar-refractivity contribution in [1.82, 2.24) is 19.5 Å². The van der Waals surface area contributed by atoms with E-state index in [0.717, 1.165) is 0 Å². The smallest absolute Gasteiger partial charge is 0.387 e. The molecule has 0 aliphatic carbocycles. The number of aliphatic hydroxyl groups excluding tert-OH is 2. The van der Waals surface area contributed by atoms with Gasteiger partial charge in [-0.2, -0.15) is 8.62 Å². The molecule has 6 N–H and O–H groups in total. The Morgan fingerprint density at radius 2 is 1.75 bits per heavy atom. The van der Waals surface area contributed by atoms with Crippen molar-refractivity contribution < 1.29 is 61.4 Å². The Hall–Kier alpha value is -0.810. The molecule has 21 heteroatoms. The molecule has 3 heterocycles. The number of aliphatic hydroxyl groups is 2. The summed E-state index contributed by atoms with van der Waals surface area (Å²) in [6.45, 7) is -0.934. The second-order valence-electron chi connectivity index (χ2n) is 6.14. The van der Waals surface area contributed by atoms with Crippen LogP contribution in [0, 0.1) is 0 Å². The van der Waals surface area contributed by atoms with Crippen molar-refractivity contribution in [3.05, 3.63) is 12.7 Å². The van der Waals surface area contributed by atoms with Crippen LogP contribution in [0.3, 0.4) is 0 Å². The largest absolute Gasteiger partial charge is 0.490 e. The number of aromatic nitrogens is 4. The third-order valence-corrected chi connectivity index (χ3v) is 8.44. The van der Waals surface area contributed by atoms with Crippen molar-refractivity contribution in [2.75, 3.05) is 12.9 Å². The summed E-state index contributed by atoms with van der Waals surface area (Å²) < 4.78 is 52.2. The first kappa shape index (κ1) is 25.8. The Kier molecular flexibility index (Phi) is 7.62. The van der Waals surface area contributed by atoms with E-state index in [1.807, 2.05) is 0 Å². The van der Waals surface area contributed by atoms with Gasteiger partial charge in [0.2, 0.25) is 0 Å². The fourth-order valence-corrected chi connectivity index (χ4v) is 6.25. The maximum absolute atomic E-state index is 11.8. The van der Waals surface area contributed by atoms with Crippen molar-refractivity contribution >= 4 is 46.4 Å². The molecule has 0 aromatic carbocycles. The van der Waals surface area contributed by atoms with Gasteiger partial charge in [0.25, 0.3) is 0 Å². The van der Waals surface area contributed by atoms with Crippen LogP contribution in [0.4, 0.5) is 0 Å². The predicted octanol–water partition coefficient (Wildman–Crippen LogP) is -0.489. The summed E-state index contributed by atoms with van der Waals surface area (Å²) in [6, 6.07) is 0. The number of imidazole rings is 1. The van der Waals surface area contributed by atoms with E-state index < -0.39 is 54.6 Å². The van der Waals surface area contributed by atoms with E-state index in [1.165, 1.54) is 29.0 Å². The van der Waals surface area contributed by atoms with Crippen LogP contribution in [0.5, 0.6) is 0 Å². The summed E-state index contributed by atoms with van der Waals surface area (Å²) >= 11 is 1.30. The lowest BCUT2D eigenvalue weighted by atomic mass is 10.1. The number of fused-ring (bicyclic) bond motifs is 1. The molecule has 17 nitrogen and oxygen atoms in total. The molecule has 1 saturated heterocycles. The number of hydrogen-bond donors (Lipinski definition) is 6. The Labute approximate surface area is 182 Å². The molecule has 0 bridgehead atoms. The lowest BCUT2D eigenvalue weighted by Gasteiger charge is -2.19. The average Bonchev–Trinajstić information content (AvgIpc) is 3.19. The highest BCUT2D eigenvalue weighted by Crippen LogP contribution is 2.66. The Bertz CT molecular complexity index is 1130. The monoisotopic (exact) mass is 538 g/mol. The van der Waals surface area contributed by atoms with Crippen molar-refractivity contribution in [1.29, 1.82) is 0 Å². The quantitative estimate of drug-likeness (QED) is 0.134. The van der Waals surface area contributed by atoms with Gasteiger partial charge in [0.1, 0.15) is 35.2 Å². The lowest BCUT2D eigenvalue weighted by molar-refractivity contribution is -0.0503. The van der Waals surface area contributed by atoms with E-state index in [9.17, 15) is 28.8 Å². The molecule has 0 saturated carbocycles. The molecule has 2 unspecified atom stereocenters. The highest BCUT2D eigenvalue weighted by atomic mass is 32.2. The maximum Gasteiger partial charge on any atom is 0.490 e. The molecular formula is C11H17N4O13P3S. The van der Waals surface area contributed by atoms with Gasteiger partial charge in [-0.15, -0.1) is 11.8 Å². The van der Waals surface area contributed by atoms with Crippen molar-refractivity contribution in [3.63, 3.8) is 0 Å². The van der Waals surface area contributed by atoms with Gasteiger partial charge in [0, 0.05) is 0 Å². The average molecular weight is 538 g/mol. The minimum Gasteiger partial charge on any atom is -0.387 e. The minimum atomic E-state index is -5.69. The summed E-state index contributed by atoms with van der Waals surface area (Å²) in [6.07, 6.45) is -1.57. The summed E-state index contributed by atoms with van der Waals surface area (Å²) in [4.78, 5) is 47.9. The predicted molar refractivity (Wildman–Crippen MR) is 103 cm³/mol. The molecule has 180 valence electrons. The Balaban J connectivity index is 1.70. The zero-order chi connectivity index (χ0) is 23.9. The van der Waals surface area contributed by atoms with Crippen molar-refractivity contribution in [2.24, 2.45) is 0 Å². The van der Waals surface area contributed by atoms with E-state index >= 15 is 0 Å². The molecule has 1 aliphatic rings. The first-order valence-corrected chi connectivity index (χ1v) is 14.0. The molecule has 2 aromatic rings. The van der Waals surface area contributed by atoms with Gasteiger partial charge >= 0.3 is 23.5 Å². The number of hydrogen-bond acceptors (Lipinski definition) is 13. The number of nitrogens with zero attached hydrogens (tertiary/aromatic N) is 4. The molecule has 1 aliphatic heterocycles. The zero-order valence-electron chi connectivity index (χ0n) is 15.8. The third-order valence-electron chi connectivity index (χ3n) is 3.95. The molecule has 0 amide bonds. The highest BCUT2D eigenvalue weighted by Gasteiger charge is 2.47. The summed E-state index contributed by atoms with van der Waals surface area (Å²) in [5.41, 5.74) is 0.677. The van der Waals surface area contributed by atoms with Gasteiger partial charge < -0.3 is 34.5 Å². The molecular weight excluding hydrogens is 521 g/mol. The fraction of sp³-hybridized carbons (Fsp3) is 0.545. The highest BCUT2D eigenvalue weighted by molar-refractivity contribution is 7.98. The molecule has 2 aromatic heterocycles. The van der Waals surface area contributed by atoms with Gasteiger partial charge in [-0.25, -0.2) is 28.6 Å². The fourth-order valence-electron chi connectivity index (χ4n) is 2.73. The van der Waals surface area contributed by atoms with Gasteiger partial charge in [0.15, 0.2) is 11.9 Å². The SMILES string of the molecule is CSc1ncnc2c1ncn2[C@@H]1O[C@H](COP(=O)(O)OP(=O)(O)OP(=O)(O)O)[C@@H](O)[C@H]1O. The topological polar surface area (TPSA) is 253 Å². The number of rotatable bonds is 9. The second kappa shape index (κ2) is 9.44. The van der Waals surface area contributed by atoms with Crippen LogP contribution in [-0.2, 0) is 31.6 Å². The molecule has 1 fully saturated rings. The van der Waals surface area contributed by atoms with E-state index in [1.54, 1.807) is 6.26 Å². The van der Waals surface area contributed by atoms with E-state index in [4.69, 9.17) is 19.4 Å². The molecule has 3 rings (SSSR count). The minimum absolute atomic E-state index is 0.272. The second-order valence-corrected chi connectivity index (χ2v) is 11.4. The summed E-state index contributed by atoms with van der Waals surface area (Å²) in [5.74, 6) is 0. The van der Waals surface area contributed by atoms with Crippen LogP contribution in [0.2, 0.25) is 0 Å². The first-order chi connectivity index (χ1) is 14.7. The third kappa shape index (κ3) is 6.00. The first-order valence-electron chi connectivity index (χ1n) is 8.24. The van der Waals surface area contributed by atoms with Crippen LogP contribution in [-0.4, -0.2) is 80.5 Å². The van der Waals surface area contributed by atoms with Crippen LogP contribution < -0.4 is 0 Å². The van der Waals surface area contributed by atoms with Gasteiger partial charge in [-0.1, -0.05) is 0 Å². The molecule has 0 spiro atoms. The van der Waals surface area contributed by atoms with Crippen LogP contribution >= 0.6 is 35.2 Å². The Morgan fingerprint density at radius 3 is 2.38 bits per heavy atom. The van der Waals surface area contributed by atoms with Gasteiger partial charge in [-0.05, 0) is 6.26 Å². The van der Waals surface area contributed by atoms with E-state index in [0.29, 0.717) is 10.5 Å². The lowest BCUT2D eigenvalue weighted by Crippen LogP contribution is -2.33. The maximum atomic E-state index is 11.8. The van der Waals surface area contributed by atoms with Crippen LogP contribution in [0.25, 0.3) is 11.2 Å². The number of phosphoric ester groups is 1. The number of thioether (sulfide) groups is 1. The molecule has 0 radical (unpaired) electrons. The van der Waals surface area contributed by atoms with Crippen molar-refractivity contribution in [2.45, 2.75) is 29.6 Å². The van der Waals surface area contributed by atoms with E-state index in [-0.39, 0.29) is 5.65 Å². The van der Waals surface area contributed by atoms with Crippen molar-refractivity contribution in [3.8, 4) is 0 Å².